The van der Waals surface area contributed by atoms with Gasteiger partial charge >= 0.3 is 5.97 Å². The van der Waals surface area contributed by atoms with E-state index in [9.17, 15) is 18.0 Å². The highest BCUT2D eigenvalue weighted by molar-refractivity contribution is 7.89. The lowest BCUT2D eigenvalue weighted by Gasteiger charge is -2.10. The zero-order chi connectivity index (χ0) is 20.7. The minimum atomic E-state index is -4.07. The van der Waals surface area contributed by atoms with Crippen molar-refractivity contribution in [1.29, 1.82) is 0 Å². The molecular formula is C17H19N3O7S. The zero-order valence-electron chi connectivity index (χ0n) is 15.5. The van der Waals surface area contributed by atoms with Crippen LogP contribution in [0.2, 0.25) is 0 Å². The zero-order valence-corrected chi connectivity index (χ0v) is 16.3. The van der Waals surface area contributed by atoms with Crippen molar-refractivity contribution in [2.45, 2.75) is 12.2 Å². The van der Waals surface area contributed by atoms with E-state index in [0.29, 0.717) is 0 Å². The van der Waals surface area contributed by atoms with E-state index in [4.69, 9.17) is 9.47 Å². The SMILES string of the molecule is COC(=O)c1ccccc1CS(=O)(=O)NC(=O)Cc1nc(OC)cc(OC)n1. The smallest absolute Gasteiger partial charge is 0.338 e. The number of amides is 1. The van der Waals surface area contributed by atoms with E-state index in [0.717, 1.165) is 0 Å². The summed E-state index contributed by atoms with van der Waals surface area (Å²) in [6.45, 7) is 0. The van der Waals surface area contributed by atoms with Crippen LogP contribution in [0.15, 0.2) is 30.3 Å². The quantitative estimate of drug-likeness (QED) is 0.617. The van der Waals surface area contributed by atoms with E-state index in [1.165, 1.54) is 39.5 Å². The molecule has 0 bridgehead atoms. The second-order valence-corrected chi connectivity index (χ2v) is 7.20. The molecule has 2 aromatic rings. The number of rotatable bonds is 8. The van der Waals surface area contributed by atoms with E-state index in [1.54, 1.807) is 12.1 Å². The highest BCUT2D eigenvalue weighted by Crippen LogP contribution is 2.16. The highest BCUT2D eigenvalue weighted by atomic mass is 32.2. The summed E-state index contributed by atoms with van der Waals surface area (Å²) in [6, 6.07) is 7.48. The maximum Gasteiger partial charge on any atom is 0.338 e. The van der Waals surface area contributed by atoms with Crippen LogP contribution in [0.4, 0.5) is 0 Å². The Morgan fingerprint density at radius 1 is 1.04 bits per heavy atom. The first kappa shape index (κ1) is 21.1. The molecule has 0 unspecified atom stereocenters. The van der Waals surface area contributed by atoms with Gasteiger partial charge in [0, 0.05) is 0 Å². The highest BCUT2D eigenvalue weighted by Gasteiger charge is 2.21. The van der Waals surface area contributed by atoms with Gasteiger partial charge in [0.2, 0.25) is 27.7 Å². The molecule has 1 aromatic heterocycles. The van der Waals surface area contributed by atoms with E-state index in [2.05, 4.69) is 14.7 Å². The third-order valence-corrected chi connectivity index (χ3v) is 4.73. The molecule has 1 N–H and O–H groups in total. The lowest BCUT2D eigenvalue weighted by atomic mass is 10.1. The number of benzene rings is 1. The maximum atomic E-state index is 12.3. The molecule has 0 aliphatic carbocycles. The van der Waals surface area contributed by atoms with Gasteiger partial charge in [-0.05, 0) is 11.6 Å². The summed E-state index contributed by atoms with van der Waals surface area (Å²) in [7, 11) is -0.115. The Bertz CT molecular complexity index is 954. The number of ether oxygens (including phenoxy) is 3. The first-order valence-corrected chi connectivity index (χ1v) is 9.58. The molecule has 0 saturated carbocycles. The molecule has 11 heteroatoms. The van der Waals surface area contributed by atoms with Gasteiger partial charge in [0.05, 0.1) is 45.1 Å². The van der Waals surface area contributed by atoms with Gasteiger partial charge in [0.1, 0.15) is 5.82 Å². The van der Waals surface area contributed by atoms with E-state index >= 15 is 0 Å². The fourth-order valence-corrected chi connectivity index (χ4v) is 3.44. The average molecular weight is 409 g/mol. The normalized spacial score (nSPS) is 10.8. The predicted octanol–water partition coefficient (Wildman–Crippen LogP) is 0.469. The molecule has 0 radical (unpaired) electrons. The molecule has 0 saturated heterocycles. The molecule has 0 atom stereocenters. The standard InChI is InChI=1S/C17H19N3O7S/c1-25-15-9-16(26-2)19-13(18-15)8-14(21)20-28(23,24)10-11-6-4-5-7-12(11)17(22)27-3/h4-7,9H,8,10H2,1-3H3,(H,20,21). The van der Waals surface area contributed by atoms with Crippen LogP contribution in [0.5, 0.6) is 11.8 Å². The Morgan fingerprint density at radius 3 is 2.21 bits per heavy atom. The lowest BCUT2D eigenvalue weighted by Crippen LogP contribution is -2.33. The van der Waals surface area contributed by atoms with Gasteiger partial charge in [-0.25, -0.2) is 13.2 Å². The molecule has 1 heterocycles. The number of hydrogen-bond donors (Lipinski definition) is 1. The second kappa shape index (κ2) is 9.13. The van der Waals surface area contributed by atoms with Crippen LogP contribution in [0.3, 0.4) is 0 Å². The minimum absolute atomic E-state index is 0.0267. The Hall–Kier alpha value is -3.21. The fraction of sp³-hybridized carbons (Fsp3) is 0.294. The first-order valence-electron chi connectivity index (χ1n) is 7.93. The fourth-order valence-electron chi connectivity index (χ4n) is 2.29. The molecule has 1 aromatic carbocycles. The molecule has 0 spiro atoms. The van der Waals surface area contributed by atoms with Crippen molar-refractivity contribution in [3.05, 3.63) is 47.3 Å². The number of sulfonamides is 1. The van der Waals surface area contributed by atoms with E-state index in [-0.39, 0.29) is 28.7 Å². The van der Waals surface area contributed by atoms with Gasteiger partial charge in [-0.1, -0.05) is 18.2 Å². The maximum absolute atomic E-state index is 12.3. The van der Waals surface area contributed by atoms with Crippen LogP contribution in [-0.2, 0) is 31.7 Å². The Balaban J connectivity index is 2.13. The summed E-state index contributed by atoms with van der Waals surface area (Å²) in [4.78, 5) is 31.9. The number of nitrogens with zero attached hydrogens (tertiary/aromatic N) is 2. The molecule has 1 amide bonds. The first-order chi connectivity index (χ1) is 13.3. The summed E-state index contributed by atoms with van der Waals surface area (Å²) in [6.07, 6.45) is -0.411. The van der Waals surface area contributed by atoms with Crippen LogP contribution in [0, 0.1) is 0 Å². The number of hydrogen-bond acceptors (Lipinski definition) is 9. The number of aromatic nitrogens is 2. The van der Waals surface area contributed by atoms with Gasteiger partial charge in [0.15, 0.2) is 0 Å². The van der Waals surface area contributed by atoms with Crippen molar-refractivity contribution in [3.8, 4) is 11.8 Å². The van der Waals surface area contributed by atoms with Crippen molar-refractivity contribution >= 4 is 21.9 Å². The summed E-state index contributed by atoms with van der Waals surface area (Å²) >= 11 is 0. The number of esters is 1. The number of carbonyl (C=O) groups is 2. The minimum Gasteiger partial charge on any atom is -0.481 e. The molecule has 0 fully saturated rings. The van der Waals surface area contributed by atoms with Crippen LogP contribution >= 0.6 is 0 Å². The monoisotopic (exact) mass is 409 g/mol. The summed E-state index contributed by atoms with van der Waals surface area (Å²) in [5.41, 5.74) is 0.303. The summed E-state index contributed by atoms with van der Waals surface area (Å²) in [5.74, 6) is -1.72. The number of carbonyl (C=O) groups excluding carboxylic acids is 2. The molecule has 150 valence electrons. The molecule has 10 nitrogen and oxygen atoms in total. The van der Waals surface area contributed by atoms with Crippen molar-refractivity contribution in [2.75, 3.05) is 21.3 Å². The van der Waals surface area contributed by atoms with Gasteiger partial charge in [-0.3, -0.25) is 9.52 Å². The number of methoxy groups -OCH3 is 3. The number of nitrogens with one attached hydrogen (secondary N) is 1. The topological polar surface area (TPSA) is 134 Å². The third kappa shape index (κ3) is 5.64. The van der Waals surface area contributed by atoms with E-state index < -0.39 is 34.1 Å². The van der Waals surface area contributed by atoms with E-state index in [1.807, 2.05) is 4.72 Å². The van der Waals surface area contributed by atoms with Crippen LogP contribution < -0.4 is 14.2 Å². The van der Waals surface area contributed by atoms with Gasteiger partial charge in [-0.15, -0.1) is 0 Å². The predicted molar refractivity (Wildman–Crippen MR) is 97.4 cm³/mol. The summed E-state index contributed by atoms with van der Waals surface area (Å²) < 4.78 is 41.2. The molecule has 0 aliphatic rings. The van der Waals surface area contributed by atoms with Gasteiger partial charge in [0.25, 0.3) is 0 Å². The Kier molecular flexibility index (Phi) is 6.88. The average Bonchev–Trinajstić information content (AvgIpc) is 2.66. The summed E-state index contributed by atoms with van der Waals surface area (Å²) in [5, 5.41) is 0. The van der Waals surface area contributed by atoms with Gasteiger partial charge < -0.3 is 14.2 Å². The van der Waals surface area contributed by atoms with Crippen LogP contribution in [0.25, 0.3) is 0 Å². The van der Waals surface area contributed by atoms with Crippen LogP contribution in [-0.4, -0.2) is 51.6 Å². The van der Waals surface area contributed by atoms with Crippen LogP contribution in [0.1, 0.15) is 21.7 Å². The molecule has 0 aliphatic heterocycles. The Morgan fingerprint density at radius 2 is 1.64 bits per heavy atom. The largest absolute Gasteiger partial charge is 0.481 e. The van der Waals surface area contributed by atoms with Crippen molar-refractivity contribution < 1.29 is 32.2 Å². The second-order valence-electron chi connectivity index (χ2n) is 5.48. The van der Waals surface area contributed by atoms with Gasteiger partial charge in [-0.2, -0.15) is 9.97 Å². The Labute approximate surface area is 161 Å². The molecular weight excluding hydrogens is 390 g/mol. The van der Waals surface area contributed by atoms with Crippen molar-refractivity contribution in [2.24, 2.45) is 0 Å². The van der Waals surface area contributed by atoms with Crippen molar-refractivity contribution in [3.63, 3.8) is 0 Å². The van der Waals surface area contributed by atoms with Crippen molar-refractivity contribution in [1.82, 2.24) is 14.7 Å². The molecule has 2 rings (SSSR count). The molecule has 28 heavy (non-hydrogen) atoms. The lowest BCUT2D eigenvalue weighted by molar-refractivity contribution is -0.118. The third-order valence-electron chi connectivity index (χ3n) is 3.50.